The molecule has 0 radical (unpaired) electrons. The van der Waals surface area contributed by atoms with Gasteiger partial charge in [-0.25, -0.2) is 9.97 Å². The molecule has 0 bridgehead atoms. The Morgan fingerprint density at radius 2 is 1.33 bits per heavy atom. The fourth-order valence-electron chi connectivity index (χ4n) is 8.30. The van der Waals surface area contributed by atoms with Gasteiger partial charge in [-0.1, -0.05) is 134 Å². The van der Waals surface area contributed by atoms with E-state index in [0.29, 0.717) is 0 Å². The van der Waals surface area contributed by atoms with Crippen LogP contribution in [0.4, 0.5) is 0 Å². The highest BCUT2D eigenvalue weighted by molar-refractivity contribution is 7.27. The van der Waals surface area contributed by atoms with Crippen LogP contribution in [-0.4, -0.2) is 14.5 Å². The Labute approximate surface area is 307 Å². The zero-order valence-electron chi connectivity index (χ0n) is 28.2. The molecule has 0 saturated carbocycles. The van der Waals surface area contributed by atoms with Gasteiger partial charge in [0.2, 0.25) is 0 Å². The summed E-state index contributed by atoms with van der Waals surface area (Å²) >= 11 is 3.59. The van der Waals surface area contributed by atoms with E-state index in [4.69, 9.17) is 9.97 Å². The Kier molecular flexibility index (Phi) is 6.36. The fraction of sp³-hybridized carbons (Fsp3) is 0.0213. The van der Waals surface area contributed by atoms with Crippen LogP contribution >= 0.6 is 22.7 Å². The summed E-state index contributed by atoms with van der Waals surface area (Å²) in [4.78, 5) is 12.2. The second kappa shape index (κ2) is 11.2. The van der Waals surface area contributed by atoms with E-state index < -0.39 is 0 Å². The molecule has 0 atom stereocenters. The van der Waals surface area contributed by atoms with Crippen LogP contribution in [0.5, 0.6) is 0 Å². The molecule has 3 nitrogen and oxygen atoms in total. The van der Waals surface area contributed by atoms with E-state index >= 15 is 0 Å². The number of benzene rings is 7. The van der Waals surface area contributed by atoms with E-state index in [9.17, 15) is 0 Å². The van der Waals surface area contributed by atoms with E-state index in [0.717, 1.165) is 43.7 Å². The third kappa shape index (κ3) is 4.06. The van der Waals surface area contributed by atoms with Crippen LogP contribution in [0, 0.1) is 6.92 Å². The van der Waals surface area contributed by atoms with Gasteiger partial charge in [0.25, 0.3) is 0 Å². The Morgan fingerprint density at radius 3 is 2.17 bits per heavy atom. The number of hydrogen-bond acceptors (Lipinski definition) is 4. The predicted molar refractivity (Wildman–Crippen MR) is 227 cm³/mol. The van der Waals surface area contributed by atoms with Crippen LogP contribution < -0.4 is 0 Å². The molecule has 0 aliphatic heterocycles. The lowest BCUT2D eigenvalue weighted by atomic mass is 9.95. The quantitative estimate of drug-likeness (QED) is 0.171. The average Bonchev–Trinajstić information content (AvgIpc) is 3.87. The smallest absolute Gasteiger partial charge is 0.165 e. The minimum atomic E-state index is 0.846. The first kappa shape index (κ1) is 29.6. The van der Waals surface area contributed by atoms with Crippen LogP contribution in [0.3, 0.4) is 0 Å². The van der Waals surface area contributed by atoms with Gasteiger partial charge in [0.15, 0.2) is 5.82 Å². The molecule has 52 heavy (non-hydrogen) atoms. The summed E-state index contributed by atoms with van der Waals surface area (Å²) in [6, 6.07) is 46.0. The topological polar surface area (TPSA) is 30.7 Å². The van der Waals surface area contributed by atoms with Crippen LogP contribution in [0.1, 0.15) is 11.1 Å². The van der Waals surface area contributed by atoms with E-state index in [-0.39, 0.29) is 0 Å². The number of aromatic nitrogens is 3. The highest BCUT2D eigenvalue weighted by Crippen LogP contribution is 2.50. The van der Waals surface area contributed by atoms with Gasteiger partial charge in [0, 0.05) is 41.9 Å². The van der Waals surface area contributed by atoms with Gasteiger partial charge in [-0.3, -0.25) is 4.57 Å². The Balaban J connectivity index is 1.39. The van der Waals surface area contributed by atoms with Crippen molar-refractivity contribution in [3.05, 3.63) is 157 Å². The molecule has 0 aliphatic carbocycles. The van der Waals surface area contributed by atoms with Crippen molar-refractivity contribution in [1.82, 2.24) is 14.5 Å². The zero-order valence-corrected chi connectivity index (χ0v) is 29.9. The van der Waals surface area contributed by atoms with Crippen molar-refractivity contribution < 1.29 is 0 Å². The molecule has 0 N–H and O–H groups in total. The maximum atomic E-state index is 5.69. The van der Waals surface area contributed by atoms with Gasteiger partial charge >= 0.3 is 0 Å². The van der Waals surface area contributed by atoms with Crippen molar-refractivity contribution in [1.29, 1.82) is 0 Å². The van der Waals surface area contributed by atoms with Crippen LogP contribution in [0.2, 0.25) is 0 Å². The molecular formula is C47H29N3S2. The minimum Gasteiger partial charge on any atom is -0.290 e. The maximum Gasteiger partial charge on any atom is 0.165 e. The SMILES string of the molecule is C=C/C=C\c1ccc2sc3c(c4ccccc4c4c5ccccc5n(-c5nc6c(nc5-c5cccc7ccccc57)sc5ccccc56)c34)c2c1C. The van der Waals surface area contributed by atoms with Crippen LogP contribution in [0.25, 0.3) is 107 Å². The second-order valence-electron chi connectivity index (χ2n) is 13.4. The number of fused-ring (bicyclic) bond motifs is 14. The van der Waals surface area contributed by atoms with Crippen molar-refractivity contribution in [2.24, 2.45) is 0 Å². The molecule has 0 aliphatic rings. The predicted octanol–water partition coefficient (Wildman–Crippen LogP) is 13.8. The molecule has 5 heteroatoms. The lowest BCUT2D eigenvalue weighted by molar-refractivity contribution is 1.09. The second-order valence-corrected chi connectivity index (χ2v) is 15.4. The van der Waals surface area contributed by atoms with Crippen molar-refractivity contribution >= 4 is 113 Å². The van der Waals surface area contributed by atoms with Gasteiger partial charge in [-0.15, -0.1) is 22.7 Å². The van der Waals surface area contributed by atoms with Crippen molar-refractivity contribution in [3.63, 3.8) is 0 Å². The van der Waals surface area contributed by atoms with Gasteiger partial charge in [0.05, 0.1) is 15.7 Å². The summed E-state index contributed by atoms with van der Waals surface area (Å²) in [5, 5.41) is 11.0. The Bertz CT molecular complexity index is 3330. The van der Waals surface area contributed by atoms with Crippen molar-refractivity contribution in [3.8, 4) is 17.1 Å². The Morgan fingerprint density at radius 1 is 0.615 bits per heavy atom. The third-order valence-electron chi connectivity index (χ3n) is 10.6. The molecule has 244 valence electrons. The summed E-state index contributed by atoms with van der Waals surface area (Å²) in [6.45, 7) is 6.18. The Hall–Kier alpha value is -6.14. The van der Waals surface area contributed by atoms with Gasteiger partial charge in [-0.2, -0.15) is 0 Å². The molecule has 0 saturated heterocycles. The molecular weight excluding hydrogens is 671 g/mol. The summed E-state index contributed by atoms with van der Waals surface area (Å²) in [7, 11) is 0. The third-order valence-corrected chi connectivity index (χ3v) is 12.8. The fourth-order valence-corrected chi connectivity index (χ4v) is 10.6. The van der Waals surface area contributed by atoms with E-state index in [2.05, 4.69) is 152 Å². The molecule has 0 fully saturated rings. The molecule has 0 amide bonds. The van der Waals surface area contributed by atoms with Crippen molar-refractivity contribution in [2.75, 3.05) is 0 Å². The first-order valence-electron chi connectivity index (χ1n) is 17.5. The summed E-state index contributed by atoms with van der Waals surface area (Å²) in [5.74, 6) is 0.846. The summed E-state index contributed by atoms with van der Waals surface area (Å²) in [6.07, 6.45) is 6.03. The van der Waals surface area contributed by atoms with Crippen molar-refractivity contribution in [2.45, 2.75) is 6.92 Å². The first-order chi connectivity index (χ1) is 25.7. The van der Waals surface area contributed by atoms with Gasteiger partial charge in [-0.05, 0) is 57.8 Å². The lowest BCUT2D eigenvalue weighted by Crippen LogP contribution is -2.03. The largest absolute Gasteiger partial charge is 0.290 e. The number of hydrogen-bond donors (Lipinski definition) is 0. The lowest BCUT2D eigenvalue weighted by Gasteiger charge is -2.15. The number of aryl methyl sites for hydroxylation is 1. The molecule has 4 heterocycles. The molecule has 4 aromatic heterocycles. The van der Waals surface area contributed by atoms with E-state index in [1.165, 1.54) is 68.4 Å². The molecule has 0 unspecified atom stereocenters. The minimum absolute atomic E-state index is 0.846. The number of nitrogens with zero attached hydrogens (tertiary/aromatic N) is 3. The summed E-state index contributed by atoms with van der Waals surface area (Å²) < 4.78 is 6.15. The van der Waals surface area contributed by atoms with E-state index in [1.54, 1.807) is 11.3 Å². The van der Waals surface area contributed by atoms with Gasteiger partial charge < -0.3 is 0 Å². The molecule has 7 aromatic carbocycles. The molecule has 11 rings (SSSR count). The highest BCUT2D eigenvalue weighted by Gasteiger charge is 2.26. The van der Waals surface area contributed by atoms with Crippen LogP contribution in [-0.2, 0) is 0 Å². The van der Waals surface area contributed by atoms with E-state index in [1.807, 2.05) is 23.5 Å². The number of thiophene rings is 2. The summed E-state index contributed by atoms with van der Waals surface area (Å²) in [5.41, 5.74) is 7.67. The van der Waals surface area contributed by atoms with Gasteiger partial charge in [0.1, 0.15) is 16.0 Å². The first-order valence-corrected chi connectivity index (χ1v) is 19.1. The standard InChI is InChI=1S/C47H29N3S2/c1-3-4-14-28-25-26-38-39(27(28)2)41-32-19-8-7-18-31(32)40-34-20-9-11-23-36(34)50(44(40)45(41)51-38)46-42(33-22-13-16-29-15-5-6-17-30(29)33)49-47-43(48-46)35-21-10-12-24-37(35)52-47/h3-26H,1H2,2H3/b14-4-. The zero-order chi connectivity index (χ0) is 34.5. The number of para-hydroxylation sites is 1. The number of allylic oxidation sites excluding steroid dienone is 2. The monoisotopic (exact) mass is 699 g/mol. The number of rotatable bonds is 4. The maximum absolute atomic E-state index is 5.69. The average molecular weight is 700 g/mol. The molecule has 0 spiro atoms. The highest BCUT2D eigenvalue weighted by atomic mass is 32.1. The normalized spacial score (nSPS) is 12.3. The van der Waals surface area contributed by atoms with Crippen LogP contribution in [0.15, 0.2) is 146 Å². The molecule has 11 aromatic rings.